The monoisotopic (exact) mass is 361 g/mol. The van der Waals surface area contributed by atoms with Crippen LogP contribution in [0.5, 0.6) is 0 Å². The van der Waals surface area contributed by atoms with Crippen LogP contribution in [-0.4, -0.2) is 35.7 Å². The smallest absolute Gasteiger partial charge is 0.311 e. The van der Waals surface area contributed by atoms with Crippen molar-refractivity contribution in [2.45, 2.75) is 32.9 Å². The van der Waals surface area contributed by atoms with Crippen molar-refractivity contribution in [1.82, 2.24) is 15.5 Å². The summed E-state index contributed by atoms with van der Waals surface area (Å²) >= 11 is 0. The number of hydrogen-bond donors (Lipinski definition) is 2. The number of nitrogens with one attached hydrogen (secondary N) is 2. The molecular formula is C19H24FN3O3. The predicted molar refractivity (Wildman–Crippen MR) is 95.3 cm³/mol. The average molecular weight is 361 g/mol. The molecule has 2 N–H and O–H groups in total. The van der Waals surface area contributed by atoms with Gasteiger partial charge in [-0.05, 0) is 36.5 Å². The van der Waals surface area contributed by atoms with Gasteiger partial charge in [-0.1, -0.05) is 25.6 Å². The van der Waals surface area contributed by atoms with Crippen molar-refractivity contribution in [3.63, 3.8) is 0 Å². The molecule has 3 amide bonds. The second kappa shape index (κ2) is 9.12. The molecule has 0 bridgehead atoms. The number of benzene rings is 1. The Balaban J connectivity index is 1.86. The largest absolute Gasteiger partial charge is 0.348 e. The van der Waals surface area contributed by atoms with Crippen LogP contribution in [-0.2, 0) is 27.5 Å². The Morgan fingerprint density at radius 2 is 1.92 bits per heavy atom. The minimum atomic E-state index is -0.721. The maximum Gasteiger partial charge on any atom is 0.311 e. The highest BCUT2D eigenvalue weighted by molar-refractivity contribution is 6.34. The fourth-order valence-corrected chi connectivity index (χ4v) is 2.71. The number of carbonyl (C=O) groups is 3. The van der Waals surface area contributed by atoms with Crippen molar-refractivity contribution in [2.75, 3.05) is 13.1 Å². The third-order valence-corrected chi connectivity index (χ3v) is 4.47. The van der Waals surface area contributed by atoms with E-state index < -0.39 is 17.6 Å². The lowest BCUT2D eigenvalue weighted by molar-refractivity contribution is -0.146. The van der Waals surface area contributed by atoms with E-state index >= 15 is 0 Å². The summed E-state index contributed by atoms with van der Waals surface area (Å²) in [5.41, 5.74) is 0.864. The standard InChI is InChI=1S/C19H24FN3O3/c1-3-17(24)21-11-14-4-5-15(16(20)10-14)12-22-18(25)19(26)23-8-6-13(2)7-9-23/h3-5,10,13H,1,6-9,11-12H2,2H3,(H,21,24)(H,22,25). The SMILES string of the molecule is C=CC(=O)NCc1ccc(CNC(=O)C(=O)N2CCC(C)CC2)c(F)c1. The number of nitrogens with zero attached hydrogens (tertiary/aromatic N) is 1. The highest BCUT2D eigenvalue weighted by Crippen LogP contribution is 2.16. The van der Waals surface area contributed by atoms with Gasteiger partial charge in [0.2, 0.25) is 5.91 Å². The van der Waals surface area contributed by atoms with Crippen LogP contribution < -0.4 is 10.6 Å². The first-order valence-electron chi connectivity index (χ1n) is 8.65. The number of piperidine rings is 1. The van der Waals surface area contributed by atoms with Gasteiger partial charge < -0.3 is 15.5 Å². The lowest BCUT2D eigenvalue weighted by Crippen LogP contribution is -2.46. The summed E-state index contributed by atoms with van der Waals surface area (Å²) in [6, 6.07) is 4.47. The Bertz CT molecular complexity index is 697. The summed E-state index contributed by atoms with van der Waals surface area (Å²) in [6.07, 6.45) is 2.91. The zero-order chi connectivity index (χ0) is 19.1. The molecule has 0 saturated carbocycles. The Hall–Kier alpha value is -2.70. The van der Waals surface area contributed by atoms with E-state index in [-0.39, 0.29) is 24.6 Å². The topological polar surface area (TPSA) is 78.5 Å². The number of likely N-dealkylation sites (tertiary alicyclic amines) is 1. The van der Waals surface area contributed by atoms with Crippen LogP contribution in [0.25, 0.3) is 0 Å². The van der Waals surface area contributed by atoms with E-state index in [2.05, 4.69) is 24.1 Å². The molecule has 7 heteroatoms. The lowest BCUT2D eigenvalue weighted by atomic mass is 9.99. The second-order valence-corrected chi connectivity index (χ2v) is 6.51. The summed E-state index contributed by atoms with van der Waals surface area (Å²) in [4.78, 5) is 36.8. The molecule has 140 valence electrons. The van der Waals surface area contributed by atoms with E-state index in [0.717, 1.165) is 18.9 Å². The normalized spacial score (nSPS) is 14.6. The van der Waals surface area contributed by atoms with E-state index in [1.807, 2.05) is 0 Å². The first kappa shape index (κ1) is 19.6. The number of hydrogen-bond acceptors (Lipinski definition) is 3. The lowest BCUT2D eigenvalue weighted by Gasteiger charge is -2.29. The van der Waals surface area contributed by atoms with Gasteiger partial charge in [-0.3, -0.25) is 14.4 Å². The van der Waals surface area contributed by atoms with Gasteiger partial charge >= 0.3 is 11.8 Å². The Labute approximate surface area is 152 Å². The quantitative estimate of drug-likeness (QED) is 0.616. The Kier molecular flexibility index (Phi) is 6.89. The van der Waals surface area contributed by atoms with E-state index in [4.69, 9.17) is 0 Å². The van der Waals surface area contributed by atoms with Crippen LogP contribution in [0.15, 0.2) is 30.9 Å². The van der Waals surface area contributed by atoms with Crippen molar-refractivity contribution < 1.29 is 18.8 Å². The summed E-state index contributed by atoms with van der Waals surface area (Å²) < 4.78 is 14.1. The maximum atomic E-state index is 14.1. The zero-order valence-corrected chi connectivity index (χ0v) is 14.9. The average Bonchev–Trinajstić information content (AvgIpc) is 2.65. The number of carbonyl (C=O) groups excluding carboxylic acids is 3. The van der Waals surface area contributed by atoms with Gasteiger partial charge in [0, 0.05) is 31.7 Å². The Morgan fingerprint density at radius 1 is 1.23 bits per heavy atom. The summed E-state index contributed by atoms with van der Waals surface area (Å²) in [5.74, 6) is -1.57. The zero-order valence-electron chi connectivity index (χ0n) is 14.9. The van der Waals surface area contributed by atoms with Crippen LogP contribution >= 0.6 is 0 Å². The molecule has 0 radical (unpaired) electrons. The fraction of sp³-hybridized carbons (Fsp3) is 0.421. The molecule has 0 aliphatic carbocycles. The first-order chi connectivity index (χ1) is 12.4. The van der Waals surface area contributed by atoms with E-state index in [1.54, 1.807) is 6.07 Å². The predicted octanol–water partition coefficient (Wildman–Crippen LogP) is 1.50. The molecule has 1 aliphatic heterocycles. The molecular weight excluding hydrogens is 337 g/mol. The van der Waals surface area contributed by atoms with Crippen molar-refractivity contribution in [3.05, 3.63) is 47.8 Å². The molecule has 1 aromatic rings. The summed E-state index contributed by atoms with van der Waals surface area (Å²) in [7, 11) is 0. The summed E-state index contributed by atoms with van der Waals surface area (Å²) in [5, 5.41) is 5.03. The van der Waals surface area contributed by atoms with E-state index in [0.29, 0.717) is 24.6 Å². The number of halogens is 1. The molecule has 0 unspecified atom stereocenters. The van der Waals surface area contributed by atoms with Crippen molar-refractivity contribution in [1.29, 1.82) is 0 Å². The van der Waals surface area contributed by atoms with Gasteiger partial charge in [-0.25, -0.2) is 4.39 Å². The van der Waals surface area contributed by atoms with Crippen LogP contribution in [0.2, 0.25) is 0 Å². The van der Waals surface area contributed by atoms with Gasteiger partial charge in [0.15, 0.2) is 0 Å². The molecule has 2 rings (SSSR count). The van der Waals surface area contributed by atoms with E-state index in [1.165, 1.54) is 17.0 Å². The molecule has 6 nitrogen and oxygen atoms in total. The van der Waals surface area contributed by atoms with Crippen molar-refractivity contribution in [2.24, 2.45) is 5.92 Å². The van der Waals surface area contributed by atoms with Crippen LogP contribution in [0.1, 0.15) is 30.9 Å². The highest BCUT2D eigenvalue weighted by Gasteiger charge is 2.25. The molecule has 0 atom stereocenters. The molecule has 1 heterocycles. The third-order valence-electron chi connectivity index (χ3n) is 4.47. The van der Waals surface area contributed by atoms with Crippen LogP contribution in [0.4, 0.5) is 4.39 Å². The molecule has 0 spiro atoms. The van der Waals surface area contributed by atoms with Crippen LogP contribution in [0.3, 0.4) is 0 Å². The highest BCUT2D eigenvalue weighted by atomic mass is 19.1. The van der Waals surface area contributed by atoms with Gasteiger partial charge in [-0.15, -0.1) is 0 Å². The van der Waals surface area contributed by atoms with Crippen LogP contribution in [0, 0.1) is 11.7 Å². The minimum absolute atomic E-state index is 0.0695. The number of amides is 3. The van der Waals surface area contributed by atoms with Gasteiger partial charge in [-0.2, -0.15) is 0 Å². The maximum absolute atomic E-state index is 14.1. The molecule has 1 saturated heterocycles. The van der Waals surface area contributed by atoms with Gasteiger partial charge in [0.1, 0.15) is 5.82 Å². The minimum Gasteiger partial charge on any atom is -0.348 e. The summed E-state index contributed by atoms with van der Waals surface area (Å²) in [6.45, 7) is 6.73. The fourth-order valence-electron chi connectivity index (χ4n) is 2.71. The molecule has 1 fully saturated rings. The van der Waals surface area contributed by atoms with Crippen molar-refractivity contribution >= 4 is 17.7 Å². The van der Waals surface area contributed by atoms with Gasteiger partial charge in [0.25, 0.3) is 0 Å². The van der Waals surface area contributed by atoms with Gasteiger partial charge in [0.05, 0.1) is 0 Å². The first-order valence-corrected chi connectivity index (χ1v) is 8.65. The molecule has 1 aromatic carbocycles. The van der Waals surface area contributed by atoms with Crippen molar-refractivity contribution in [3.8, 4) is 0 Å². The van der Waals surface area contributed by atoms with E-state index in [9.17, 15) is 18.8 Å². The molecule has 1 aliphatic rings. The second-order valence-electron chi connectivity index (χ2n) is 6.51. The molecule has 0 aromatic heterocycles. The Morgan fingerprint density at radius 3 is 2.54 bits per heavy atom. The third kappa shape index (κ3) is 5.40. The molecule has 26 heavy (non-hydrogen) atoms. The number of rotatable bonds is 5.